The molecule has 0 unspecified atom stereocenters. The molecule has 5 rings (SSSR count). The van der Waals surface area contributed by atoms with Crippen molar-refractivity contribution in [1.29, 1.82) is 0 Å². The Balaban J connectivity index is 1.20. The lowest BCUT2D eigenvalue weighted by molar-refractivity contribution is -0.118. The predicted molar refractivity (Wildman–Crippen MR) is 157 cm³/mol. The molecule has 1 aromatic carbocycles. The number of rotatable bonds is 7. The van der Waals surface area contributed by atoms with Gasteiger partial charge in [-0.05, 0) is 82.6 Å². The second-order valence-electron chi connectivity index (χ2n) is 11.9. The van der Waals surface area contributed by atoms with Gasteiger partial charge in [0.1, 0.15) is 18.0 Å². The van der Waals surface area contributed by atoms with Crippen molar-refractivity contribution in [3.05, 3.63) is 54.2 Å². The van der Waals surface area contributed by atoms with Crippen LogP contribution in [0.1, 0.15) is 56.8 Å². The molecule has 10 heteroatoms. The quantitative estimate of drug-likeness (QED) is 0.396. The van der Waals surface area contributed by atoms with Crippen LogP contribution >= 0.6 is 0 Å². The Labute approximate surface area is 240 Å². The lowest BCUT2D eigenvalue weighted by Crippen LogP contribution is -2.37. The molecule has 1 aliphatic carbocycles. The van der Waals surface area contributed by atoms with Gasteiger partial charge in [0, 0.05) is 30.2 Å². The zero-order valence-corrected chi connectivity index (χ0v) is 23.9. The summed E-state index contributed by atoms with van der Waals surface area (Å²) in [5.74, 6) is 1.38. The number of pyridine rings is 2. The number of carbonyl (C=O) groups excluding carboxylic acids is 3. The molecular formula is C31H38N6O4. The molecule has 2 aromatic heterocycles. The first-order valence-corrected chi connectivity index (χ1v) is 14.3. The molecule has 3 N–H and O–H groups in total. The zero-order chi connectivity index (χ0) is 29.0. The van der Waals surface area contributed by atoms with E-state index in [1.54, 1.807) is 6.20 Å². The van der Waals surface area contributed by atoms with Crippen molar-refractivity contribution in [2.24, 2.45) is 11.8 Å². The van der Waals surface area contributed by atoms with Crippen molar-refractivity contribution >= 4 is 34.6 Å². The van der Waals surface area contributed by atoms with Gasteiger partial charge in [0.05, 0.1) is 23.4 Å². The van der Waals surface area contributed by atoms with Crippen LogP contribution in [-0.2, 0) is 9.53 Å². The maximum absolute atomic E-state index is 13.4. The van der Waals surface area contributed by atoms with Gasteiger partial charge in [0.15, 0.2) is 0 Å². The molecule has 1 aliphatic heterocycles. The zero-order valence-electron chi connectivity index (χ0n) is 23.9. The van der Waals surface area contributed by atoms with Gasteiger partial charge >= 0.3 is 6.09 Å². The second kappa shape index (κ2) is 12.1. The number of amides is 3. The van der Waals surface area contributed by atoms with E-state index in [2.05, 4.69) is 20.9 Å². The minimum Gasteiger partial charge on any atom is -0.444 e. The van der Waals surface area contributed by atoms with Crippen LogP contribution in [0.2, 0.25) is 0 Å². The summed E-state index contributed by atoms with van der Waals surface area (Å²) < 4.78 is 5.33. The minimum atomic E-state index is -0.504. The number of carbonyl (C=O) groups is 3. The second-order valence-corrected chi connectivity index (χ2v) is 11.9. The molecule has 2 fully saturated rings. The van der Waals surface area contributed by atoms with E-state index in [9.17, 15) is 14.4 Å². The molecule has 0 bridgehead atoms. The lowest BCUT2D eigenvalue weighted by atomic mass is 9.82. The Kier molecular flexibility index (Phi) is 8.37. The third-order valence-corrected chi connectivity index (χ3v) is 7.58. The molecule has 3 heterocycles. The first kappa shape index (κ1) is 28.3. The van der Waals surface area contributed by atoms with Gasteiger partial charge in [-0.2, -0.15) is 0 Å². The number of alkyl carbamates (subject to hydrolysis) is 1. The van der Waals surface area contributed by atoms with Crippen LogP contribution in [-0.4, -0.2) is 59.8 Å². The summed E-state index contributed by atoms with van der Waals surface area (Å²) in [6, 6.07) is 13.3. The van der Waals surface area contributed by atoms with Crippen molar-refractivity contribution in [2.45, 2.75) is 52.1 Å². The van der Waals surface area contributed by atoms with E-state index in [-0.39, 0.29) is 24.5 Å². The Morgan fingerprint density at radius 1 is 1.02 bits per heavy atom. The van der Waals surface area contributed by atoms with Crippen molar-refractivity contribution in [3.63, 3.8) is 0 Å². The maximum atomic E-state index is 13.4. The van der Waals surface area contributed by atoms with Crippen molar-refractivity contribution in [3.8, 4) is 11.3 Å². The number of nitrogens with zero attached hydrogens (tertiary/aromatic N) is 3. The molecule has 3 amide bonds. The van der Waals surface area contributed by atoms with E-state index < -0.39 is 5.60 Å². The van der Waals surface area contributed by atoms with Crippen molar-refractivity contribution < 1.29 is 19.1 Å². The summed E-state index contributed by atoms with van der Waals surface area (Å²) >= 11 is 0. The van der Waals surface area contributed by atoms with Crippen LogP contribution in [0.4, 0.5) is 10.6 Å². The maximum Gasteiger partial charge on any atom is 0.407 e. The molecule has 2 aliphatic rings. The fraction of sp³-hybridized carbons (Fsp3) is 0.452. The predicted octanol–water partition coefficient (Wildman–Crippen LogP) is 4.25. The van der Waals surface area contributed by atoms with Crippen molar-refractivity contribution in [2.75, 3.05) is 31.2 Å². The average Bonchev–Trinajstić information content (AvgIpc) is 3.40. The van der Waals surface area contributed by atoms with E-state index in [0.29, 0.717) is 48.7 Å². The molecule has 0 atom stereocenters. The first-order valence-electron chi connectivity index (χ1n) is 14.3. The number of nitrogens with one attached hydrogen (secondary N) is 3. The normalized spacial score (nSPS) is 19.1. The highest BCUT2D eigenvalue weighted by atomic mass is 16.6. The highest BCUT2D eigenvalue weighted by Gasteiger charge is 2.24. The van der Waals surface area contributed by atoms with Gasteiger partial charge < -0.3 is 25.6 Å². The summed E-state index contributed by atoms with van der Waals surface area (Å²) in [5, 5.41) is 9.63. The summed E-state index contributed by atoms with van der Waals surface area (Å²) in [7, 11) is 0. The van der Waals surface area contributed by atoms with Gasteiger partial charge in [0.25, 0.3) is 5.91 Å². The third kappa shape index (κ3) is 7.31. The van der Waals surface area contributed by atoms with Gasteiger partial charge in [-0.1, -0.05) is 18.2 Å². The number of hydrogen-bond acceptors (Lipinski definition) is 7. The molecule has 1 saturated heterocycles. The monoisotopic (exact) mass is 558 g/mol. The Bertz CT molecular complexity index is 1410. The first-order chi connectivity index (χ1) is 19.6. The van der Waals surface area contributed by atoms with Crippen LogP contribution < -0.4 is 20.9 Å². The number of fused-ring (bicyclic) bond motifs is 1. The summed E-state index contributed by atoms with van der Waals surface area (Å²) in [6.45, 7) is 7.51. The SMILES string of the molecule is CC(C)(C)OC(=O)NCC1CCC(CNC(=O)c2cc(-c3ccc(N4CNC(=O)C4)nc3)nc3ccccc23)CC1. The standard InChI is InChI=1S/C31H38N6O4/c1-31(2,3)41-30(40)34-16-21-10-8-20(9-11-21)15-33-29(39)24-14-26(36-25-7-5-4-6-23(24)25)22-12-13-27(32-17-22)37-18-28(38)35-19-37/h4-7,12-14,17,20-21H,8-11,15-16,18-19H2,1-3H3,(H,33,39)(H,34,40)(H,35,38). The number of aromatic nitrogens is 2. The van der Waals surface area contributed by atoms with Crippen LogP contribution in [0.3, 0.4) is 0 Å². The highest BCUT2D eigenvalue weighted by Crippen LogP contribution is 2.29. The fourth-order valence-electron chi connectivity index (χ4n) is 5.38. The van der Waals surface area contributed by atoms with E-state index in [0.717, 1.165) is 42.1 Å². The number of ether oxygens (including phenoxy) is 1. The van der Waals surface area contributed by atoms with Crippen LogP contribution in [0.25, 0.3) is 22.2 Å². The number of hydrogen-bond donors (Lipinski definition) is 3. The number of benzene rings is 1. The molecule has 216 valence electrons. The van der Waals surface area contributed by atoms with Gasteiger partial charge in [-0.3, -0.25) is 9.59 Å². The largest absolute Gasteiger partial charge is 0.444 e. The fourth-order valence-corrected chi connectivity index (χ4v) is 5.38. The van der Waals surface area contributed by atoms with E-state index in [1.807, 2.05) is 68.1 Å². The molecule has 1 saturated carbocycles. The number of para-hydroxylation sites is 1. The van der Waals surface area contributed by atoms with Gasteiger partial charge in [-0.15, -0.1) is 0 Å². The smallest absolute Gasteiger partial charge is 0.407 e. The van der Waals surface area contributed by atoms with Crippen LogP contribution in [0.5, 0.6) is 0 Å². The van der Waals surface area contributed by atoms with E-state index in [1.165, 1.54) is 0 Å². The highest BCUT2D eigenvalue weighted by molar-refractivity contribution is 6.07. The summed E-state index contributed by atoms with van der Waals surface area (Å²) in [6.07, 6.45) is 5.36. The van der Waals surface area contributed by atoms with E-state index in [4.69, 9.17) is 9.72 Å². The summed E-state index contributed by atoms with van der Waals surface area (Å²) in [4.78, 5) is 48.1. The van der Waals surface area contributed by atoms with Gasteiger partial charge in [0.2, 0.25) is 5.91 Å². The van der Waals surface area contributed by atoms with Crippen LogP contribution in [0.15, 0.2) is 48.7 Å². The topological polar surface area (TPSA) is 126 Å². The van der Waals surface area contributed by atoms with Crippen molar-refractivity contribution in [1.82, 2.24) is 25.9 Å². The van der Waals surface area contributed by atoms with Gasteiger partial charge in [-0.25, -0.2) is 14.8 Å². The molecule has 10 nitrogen and oxygen atoms in total. The van der Waals surface area contributed by atoms with E-state index >= 15 is 0 Å². The molecular weight excluding hydrogens is 520 g/mol. The molecule has 41 heavy (non-hydrogen) atoms. The average molecular weight is 559 g/mol. The Morgan fingerprint density at radius 3 is 2.37 bits per heavy atom. The molecule has 3 aromatic rings. The number of anilines is 1. The third-order valence-electron chi connectivity index (χ3n) is 7.58. The molecule has 0 radical (unpaired) electrons. The summed E-state index contributed by atoms with van der Waals surface area (Å²) in [5.41, 5.74) is 2.29. The lowest BCUT2D eigenvalue weighted by Gasteiger charge is -2.29. The van der Waals surface area contributed by atoms with Crippen LogP contribution in [0, 0.1) is 11.8 Å². The minimum absolute atomic E-state index is 0.0222. The Morgan fingerprint density at radius 2 is 1.73 bits per heavy atom. The molecule has 0 spiro atoms. The Hall–Kier alpha value is -4.21.